The van der Waals surface area contributed by atoms with Crippen molar-refractivity contribution in [1.82, 2.24) is 4.31 Å². The van der Waals surface area contributed by atoms with Gasteiger partial charge in [0.25, 0.3) is 0 Å². The van der Waals surface area contributed by atoms with E-state index in [0.717, 1.165) is 0 Å². The summed E-state index contributed by atoms with van der Waals surface area (Å²) in [7, 11) is -3.66. The van der Waals surface area contributed by atoms with Gasteiger partial charge in [-0.3, -0.25) is 0 Å². The number of rotatable bonds is 6. The van der Waals surface area contributed by atoms with Crippen LogP contribution in [-0.4, -0.2) is 36.9 Å². The monoisotopic (exact) mass is 299 g/mol. The maximum atomic E-state index is 12.6. The minimum atomic E-state index is -3.66. The van der Waals surface area contributed by atoms with Crippen LogP contribution in [0, 0.1) is 12.8 Å². The van der Waals surface area contributed by atoms with Crippen LogP contribution in [0.2, 0.25) is 0 Å². The number of sulfonamides is 1. The van der Waals surface area contributed by atoms with Gasteiger partial charge in [-0.1, -0.05) is 26.8 Å². The first-order valence-electron chi connectivity index (χ1n) is 6.54. The van der Waals surface area contributed by atoms with Crippen LogP contribution in [0.3, 0.4) is 0 Å². The second kappa shape index (κ2) is 6.37. The Morgan fingerprint density at radius 3 is 2.40 bits per heavy atom. The minimum Gasteiger partial charge on any atom is -0.478 e. The van der Waals surface area contributed by atoms with Crippen molar-refractivity contribution in [3.8, 4) is 0 Å². The van der Waals surface area contributed by atoms with E-state index in [0.29, 0.717) is 18.7 Å². The van der Waals surface area contributed by atoms with Crippen LogP contribution < -0.4 is 0 Å². The lowest BCUT2D eigenvalue weighted by Gasteiger charge is -2.23. The Labute approximate surface area is 120 Å². The molecule has 0 aliphatic heterocycles. The van der Waals surface area contributed by atoms with Crippen LogP contribution >= 0.6 is 0 Å². The molecule has 0 atom stereocenters. The Balaban J connectivity index is 3.33. The molecule has 0 aromatic heterocycles. The third-order valence-corrected chi connectivity index (χ3v) is 5.06. The van der Waals surface area contributed by atoms with E-state index in [9.17, 15) is 13.2 Å². The number of nitrogens with zero attached hydrogens (tertiary/aromatic N) is 1. The van der Waals surface area contributed by atoms with Crippen molar-refractivity contribution in [3.63, 3.8) is 0 Å². The molecular weight excluding hydrogens is 278 g/mol. The zero-order valence-electron chi connectivity index (χ0n) is 12.3. The highest BCUT2D eigenvalue weighted by atomic mass is 32.2. The van der Waals surface area contributed by atoms with Gasteiger partial charge in [-0.05, 0) is 30.5 Å². The molecule has 20 heavy (non-hydrogen) atoms. The molecule has 0 unspecified atom stereocenters. The molecule has 0 aliphatic rings. The Morgan fingerprint density at radius 2 is 1.95 bits per heavy atom. The summed E-state index contributed by atoms with van der Waals surface area (Å²) >= 11 is 0. The molecule has 0 bridgehead atoms. The highest BCUT2D eigenvalue weighted by molar-refractivity contribution is 7.89. The Hall–Kier alpha value is -1.40. The maximum Gasteiger partial charge on any atom is 0.335 e. The van der Waals surface area contributed by atoms with E-state index in [4.69, 9.17) is 5.11 Å². The standard InChI is InChI=1S/C14H21NO4S/c1-5-15(9-10(2)3)20(18,19)13-8-12(14(16)17)7-6-11(13)4/h6-8,10H,5,9H2,1-4H3,(H,16,17). The minimum absolute atomic E-state index is 0.0187. The summed E-state index contributed by atoms with van der Waals surface area (Å²) in [4.78, 5) is 11.1. The van der Waals surface area contributed by atoms with E-state index in [1.165, 1.54) is 22.5 Å². The highest BCUT2D eigenvalue weighted by Crippen LogP contribution is 2.22. The van der Waals surface area contributed by atoms with E-state index in [1.807, 2.05) is 13.8 Å². The fourth-order valence-corrected chi connectivity index (χ4v) is 3.82. The third-order valence-electron chi connectivity index (χ3n) is 2.97. The van der Waals surface area contributed by atoms with E-state index in [2.05, 4.69) is 0 Å². The largest absolute Gasteiger partial charge is 0.478 e. The summed E-state index contributed by atoms with van der Waals surface area (Å²) in [5, 5.41) is 9.00. The molecule has 0 saturated carbocycles. The van der Waals surface area contributed by atoms with Crippen LogP contribution in [-0.2, 0) is 10.0 Å². The fraction of sp³-hybridized carbons (Fsp3) is 0.500. The number of benzene rings is 1. The summed E-state index contributed by atoms with van der Waals surface area (Å²) in [6.45, 7) is 8.10. The van der Waals surface area contributed by atoms with Gasteiger partial charge in [-0.15, -0.1) is 0 Å². The van der Waals surface area contributed by atoms with Crippen LogP contribution in [0.4, 0.5) is 0 Å². The summed E-state index contributed by atoms with van der Waals surface area (Å²) in [6.07, 6.45) is 0. The molecule has 0 fully saturated rings. The van der Waals surface area contributed by atoms with Gasteiger partial charge in [0.2, 0.25) is 10.0 Å². The van der Waals surface area contributed by atoms with Gasteiger partial charge in [-0.25, -0.2) is 13.2 Å². The molecule has 0 aliphatic carbocycles. The predicted molar refractivity (Wildman–Crippen MR) is 77.4 cm³/mol. The number of hydrogen-bond acceptors (Lipinski definition) is 3. The van der Waals surface area contributed by atoms with Gasteiger partial charge in [-0.2, -0.15) is 4.31 Å². The van der Waals surface area contributed by atoms with E-state index >= 15 is 0 Å². The summed E-state index contributed by atoms with van der Waals surface area (Å²) in [5.41, 5.74) is 0.534. The molecule has 6 heteroatoms. The lowest BCUT2D eigenvalue weighted by Crippen LogP contribution is -2.34. The van der Waals surface area contributed by atoms with E-state index < -0.39 is 16.0 Å². The molecule has 0 heterocycles. The normalized spacial score (nSPS) is 12.1. The second-order valence-corrected chi connectivity index (χ2v) is 7.04. The topological polar surface area (TPSA) is 74.7 Å². The molecule has 1 rings (SSSR count). The number of carboxylic acids is 1. The molecule has 1 aromatic carbocycles. The summed E-state index contributed by atoms with van der Waals surface area (Å²) in [5.74, 6) is -0.930. The number of carboxylic acid groups (broad SMARTS) is 1. The zero-order valence-corrected chi connectivity index (χ0v) is 13.1. The lowest BCUT2D eigenvalue weighted by atomic mass is 10.1. The maximum absolute atomic E-state index is 12.6. The molecular formula is C14H21NO4S. The molecule has 112 valence electrons. The number of hydrogen-bond donors (Lipinski definition) is 1. The SMILES string of the molecule is CCN(CC(C)C)S(=O)(=O)c1cc(C(=O)O)ccc1C. The van der Waals surface area contributed by atoms with Crippen LogP contribution in [0.15, 0.2) is 23.1 Å². The average molecular weight is 299 g/mol. The molecule has 0 amide bonds. The highest BCUT2D eigenvalue weighted by Gasteiger charge is 2.26. The number of aromatic carboxylic acids is 1. The van der Waals surface area contributed by atoms with Crippen molar-refractivity contribution in [3.05, 3.63) is 29.3 Å². The molecule has 0 radical (unpaired) electrons. The van der Waals surface area contributed by atoms with E-state index in [-0.39, 0.29) is 16.4 Å². The van der Waals surface area contributed by atoms with Gasteiger partial charge in [0, 0.05) is 13.1 Å². The Bertz CT molecular complexity index is 593. The number of carbonyl (C=O) groups is 1. The Kier molecular flexibility index (Phi) is 5.30. The van der Waals surface area contributed by atoms with Crippen molar-refractivity contribution in [2.75, 3.05) is 13.1 Å². The molecule has 5 nitrogen and oxygen atoms in total. The second-order valence-electron chi connectivity index (χ2n) is 5.13. The summed E-state index contributed by atoms with van der Waals surface area (Å²) in [6, 6.07) is 4.17. The fourth-order valence-electron chi connectivity index (χ4n) is 1.95. The Morgan fingerprint density at radius 1 is 1.35 bits per heavy atom. The van der Waals surface area contributed by atoms with Crippen LogP contribution in [0.1, 0.15) is 36.7 Å². The van der Waals surface area contributed by atoms with Crippen LogP contribution in [0.5, 0.6) is 0 Å². The number of aryl methyl sites for hydroxylation is 1. The molecule has 0 spiro atoms. The third kappa shape index (κ3) is 3.58. The first kappa shape index (κ1) is 16.7. The lowest BCUT2D eigenvalue weighted by molar-refractivity contribution is 0.0696. The van der Waals surface area contributed by atoms with E-state index in [1.54, 1.807) is 13.8 Å². The van der Waals surface area contributed by atoms with Gasteiger partial charge >= 0.3 is 5.97 Å². The average Bonchev–Trinajstić information content (AvgIpc) is 2.35. The van der Waals surface area contributed by atoms with Crippen molar-refractivity contribution in [2.45, 2.75) is 32.6 Å². The van der Waals surface area contributed by atoms with Gasteiger partial charge in [0.15, 0.2) is 0 Å². The first-order valence-corrected chi connectivity index (χ1v) is 7.98. The van der Waals surface area contributed by atoms with Gasteiger partial charge < -0.3 is 5.11 Å². The van der Waals surface area contributed by atoms with Gasteiger partial charge in [0.05, 0.1) is 10.5 Å². The predicted octanol–water partition coefficient (Wildman–Crippen LogP) is 2.36. The molecule has 1 aromatic rings. The van der Waals surface area contributed by atoms with Crippen molar-refractivity contribution >= 4 is 16.0 Å². The van der Waals surface area contributed by atoms with Gasteiger partial charge in [0.1, 0.15) is 0 Å². The van der Waals surface area contributed by atoms with Crippen LogP contribution in [0.25, 0.3) is 0 Å². The zero-order chi connectivity index (χ0) is 15.5. The van der Waals surface area contributed by atoms with Crippen molar-refractivity contribution in [2.24, 2.45) is 5.92 Å². The first-order chi connectivity index (χ1) is 9.20. The smallest absolute Gasteiger partial charge is 0.335 e. The molecule has 0 saturated heterocycles. The summed E-state index contributed by atoms with van der Waals surface area (Å²) < 4.78 is 26.6. The quantitative estimate of drug-likeness (QED) is 0.875. The van der Waals surface area contributed by atoms with Crippen molar-refractivity contribution < 1.29 is 18.3 Å². The molecule has 1 N–H and O–H groups in total. The van der Waals surface area contributed by atoms with Crippen molar-refractivity contribution in [1.29, 1.82) is 0 Å².